The van der Waals surface area contributed by atoms with Crippen LogP contribution >= 0.6 is 11.3 Å². The fourth-order valence-corrected chi connectivity index (χ4v) is 5.93. The Hall–Kier alpha value is -4.66. The van der Waals surface area contributed by atoms with Gasteiger partial charge >= 0.3 is 5.97 Å². The number of nitrogens with zero attached hydrogens (tertiary/aromatic N) is 4. The molecule has 1 aliphatic heterocycles. The number of benzene rings is 2. The van der Waals surface area contributed by atoms with Crippen LogP contribution in [0.2, 0.25) is 0 Å². The van der Waals surface area contributed by atoms with E-state index in [4.69, 9.17) is 19.7 Å². The van der Waals surface area contributed by atoms with Crippen molar-refractivity contribution in [2.24, 2.45) is 0 Å². The van der Waals surface area contributed by atoms with Crippen molar-refractivity contribution in [1.29, 1.82) is 5.26 Å². The molecule has 1 N–H and O–H groups in total. The van der Waals surface area contributed by atoms with E-state index >= 15 is 4.39 Å². The van der Waals surface area contributed by atoms with E-state index in [1.54, 1.807) is 43.3 Å². The molecule has 1 unspecified atom stereocenters. The fraction of sp³-hybridized carbons (Fsp3) is 0.226. The zero-order valence-corrected chi connectivity index (χ0v) is 23.3. The molecule has 0 amide bonds. The molecular formula is C31H24F2N4O4S. The van der Waals surface area contributed by atoms with Crippen LogP contribution in [0.1, 0.15) is 44.2 Å². The van der Waals surface area contributed by atoms with Crippen molar-refractivity contribution in [3.63, 3.8) is 0 Å². The lowest BCUT2D eigenvalue weighted by Gasteiger charge is -2.27. The van der Waals surface area contributed by atoms with E-state index in [2.05, 4.69) is 4.98 Å². The van der Waals surface area contributed by atoms with Crippen LogP contribution < -0.4 is 4.74 Å². The van der Waals surface area contributed by atoms with Crippen LogP contribution in [0.5, 0.6) is 5.88 Å². The maximum atomic E-state index is 15.4. The largest absolute Gasteiger partial charge is 0.477 e. The van der Waals surface area contributed by atoms with Gasteiger partial charge in [0.05, 0.1) is 35.5 Å². The predicted molar refractivity (Wildman–Crippen MR) is 152 cm³/mol. The van der Waals surface area contributed by atoms with E-state index in [1.165, 1.54) is 18.2 Å². The van der Waals surface area contributed by atoms with E-state index in [0.29, 0.717) is 51.8 Å². The first kappa shape index (κ1) is 27.5. The summed E-state index contributed by atoms with van der Waals surface area (Å²) in [6, 6.07) is 16.2. The summed E-state index contributed by atoms with van der Waals surface area (Å²) in [5.74, 6) is -1.70. The van der Waals surface area contributed by atoms with Gasteiger partial charge < -0.3 is 19.1 Å². The minimum atomic E-state index is -0.998. The second-order valence-electron chi connectivity index (χ2n) is 10.00. The number of imidazole rings is 1. The van der Waals surface area contributed by atoms with Crippen LogP contribution in [0.25, 0.3) is 21.6 Å². The van der Waals surface area contributed by atoms with Crippen LogP contribution in [0.4, 0.5) is 8.78 Å². The average Bonchev–Trinajstić information content (AvgIpc) is 3.47. The molecule has 3 aromatic heterocycles. The Morgan fingerprint density at radius 3 is 2.62 bits per heavy atom. The van der Waals surface area contributed by atoms with Gasteiger partial charge in [-0.05, 0) is 54.8 Å². The molecule has 0 radical (unpaired) electrons. The Morgan fingerprint density at radius 1 is 1.17 bits per heavy atom. The van der Waals surface area contributed by atoms with Crippen molar-refractivity contribution < 1.29 is 28.2 Å². The molecule has 8 nitrogen and oxygen atoms in total. The molecule has 0 bridgehead atoms. The Kier molecular flexibility index (Phi) is 7.41. The van der Waals surface area contributed by atoms with Gasteiger partial charge in [-0.2, -0.15) is 5.26 Å². The number of hydrogen-bond acceptors (Lipinski definition) is 7. The summed E-state index contributed by atoms with van der Waals surface area (Å²) in [4.78, 5) is 21.5. The third-order valence-corrected chi connectivity index (χ3v) is 8.42. The van der Waals surface area contributed by atoms with Crippen LogP contribution in [0, 0.1) is 29.9 Å². The van der Waals surface area contributed by atoms with Crippen molar-refractivity contribution in [3.8, 4) is 23.2 Å². The van der Waals surface area contributed by atoms with Gasteiger partial charge in [0.1, 0.15) is 28.0 Å². The molecule has 0 aliphatic carbocycles. The molecule has 4 heterocycles. The van der Waals surface area contributed by atoms with E-state index in [1.807, 2.05) is 10.6 Å². The first-order valence-electron chi connectivity index (χ1n) is 13.2. The number of aromatic carboxylic acids is 1. The monoisotopic (exact) mass is 586 g/mol. The number of carboxylic acids is 1. The third kappa shape index (κ3) is 5.34. The predicted octanol–water partition coefficient (Wildman–Crippen LogP) is 6.28. The number of ether oxygens (including phenoxy) is 2. The zero-order valence-electron chi connectivity index (χ0n) is 22.4. The Morgan fingerprint density at radius 2 is 1.95 bits per heavy atom. The molecule has 42 heavy (non-hydrogen) atoms. The first-order chi connectivity index (χ1) is 20.3. The number of carboxylic acid groups (broad SMARTS) is 1. The van der Waals surface area contributed by atoms with Crippen molar-refractivity contribution in [2.45, 2.75) is 39.0 Å². The lowest BCUT2D eigenvalue weighted by Crippen LogP contribution is -2.31. The van der Waals surface area contributed by atoms with Crippen LogP contribution in [-0.4, -0.2) is 38.3 Å². The second kappa shape index (κ2) is 11.3. The number of aromatic nitrogens is 3. The third-order valence-electron chi connectivity index (χ3n) is 7.25. The lowest BCUT2D eigenvalue weighted by atomic mass is 10.0. The SMILES string of the molecule is Cc1c(C(=O)O)sc2nc(Cc3ccc(-c4ccc(F)c(OCc5ccc(C#N)cc5)n4)cc3F)n(CC3CCO3)c12. The quantitative estimate of drug-likeness (QED) is 0.217. The molecule has 1 aliphatic rings. The normalized spacial score (nSPS) is 14.5. The van der Waals surface area contributed by atoms with Gasteiger partial charge in [0.25, 0.3) is 5.88 Å². The highest BCUT2D eigenvalue weighted by atomic mass is 32.1. The maximum absolute atomic E-state index is 15.4. The van der Waals surface area contributed by atoms with Gasteiger partial charge in [-0.25, -0.2) is 23.5 Å². The van der Waals surface area contributed by atoms with Crippen LogP contribution in [0.15, 0.2) is 54.6 Å². The molecule has 6 rings (SSSR count). The van der Waals surface area contributed by atoms with Gasteiger partial charge in [-0.15, -0.1) is 11.3 Å². The average molecular weight is 587 g/mol. The number of thiophene rings is 1. The fourth-order valence-electron chi connectivity index (χ4n) is 4.89. The van der Waals surface area contributed by atoms with Crippen molar-refractivity contribution in [1.82, 2.24) is 14.5 Å². The Balaban J connectivity index is 1.24. The van der Waals surface area contributed by atoms with Crippen molar-refractivity contribution in [3.05, 3.63) is 99.2 Å². The maximum Gasteiger partial charge on any atom is 0.346 e. The van der Waals surface area contributed by atoms with Crippen molar-refractivity contribution >= 4 is 27.7 Å². The second-order valence-corrected chi connectivity index (χ2v) is 11.0. The summed E-state index contributed by atoms with van der Waals surface area (Å²) in [7, 11) is 0. The molecule has 5 aromatic rings. The standard InChI is InChI=1S/C31H24F2N4O4S/c1-17-27-30(42-28(17)31(38)39)36-26(37(27)15-22-10-11-40-22)13-20-6-7-21(12-24(20)33)25-9-8-23(32)29(35-25)41-16-19-4-2-18(14-34)3-5-19/h2-9,12,22H,10-11,13,15-16H2,1H3,(H,38,39). The van der Waals surface area contributed by atoms with Gasteiger partial charge in [0, 0.05) is 24.2 Å². The summed E-state index contributed by atoms with van der Waals surface area (Å²) < 4.78 is 43.0. The van der Waals surface area contributed by atoms with Gasteiger partial charge in [0.2, 0.25) is 0 Å². The number of aryl methyl sites for hydroxylation is 1. The number of pyridine rings is 1. The smallest absolute Gasteiger partial charge is 0.346 e. The molecule has 1 fully saturated rings. The lowest BCUT2D eigenvalue weighted by molar-refractivity contribution is -0.0589. The summed E-state index contributed by atoms with van der Waals surface area (Å²) in [6.07, 6.45) is 1.08. The summed E-state index contributed by atoms with van der Waals surface area (Å²) in [5.41, 5.74) is 3.83. The Labute approximate surface area is 243 Å². The number of nitriles is 1. The van der Waals surface area contributed by atoms with Crippen LogP contribution in [0.3, 0.4) is 0 Å². The summed E-state index contributed by atoms with van der Waals surface area (Å²) in [5, 5.41) is 18.5. The number of fused-ring (bicyclic) bond motifs is 1. The molecule has 0 saturated carbocycles. The molecule has 2 aromatic carbocycles. The van der Waals surface area contributed by atoms with E-state index < -0.39 is 17.6 Å². The molecule has 1 atom stereocenters. The van der Waals surface area contributed by atoms with Gasteiger partial charge in [-0.3, -0.25) is 0 Å². The van der Waals surface area contributed by atoms with E-state index in [0.717, 1.165) is 28.8 Å². The van der Waals surface area contributed by atoms with Gasteiger partial charge in [0.15, 0.2) is 5.82 Å². The number of carbonyl (C=O) groups is 1. The number of halogens is 2. The minimum absolute atomic E-state index is 0.00109. The number of hydrogen-bond donors (Lipinski definition) is 1. The Bertz CT molecular complexity index is 1860. The summed E-state index contributed by atoms with van der Waals surface area (Å²) in [6.45, 7) is 3.00. The highest BCUT2D eigenvalue weighted by Crippen LogP contribution is 2.34. The number of rotatable bonds is 9. The van der Waals surface area contributed by atoms with E-state index in [9.17, 15) is 14.3 Å². The molecule has 212 valence electrons. The first-order valence-corrected chi connectivity index (χ1v) is 14.0. The highest BCUT2D eigenvalue weighted by molar-refractivity contribution is 7.20. The highest BCUT2D eigenvalue weighted by Gasteiger charge is 2.26. The topological polar surface area (TPSA) is 110 Å². The van der Waals surface area contributed by atoms with Gasteiger partial charge in [-0.1, -0.05) is 24.3 Å². The molecular weight excluding hydrogens is 562 g/mol. The minimum Gasteiger partial charge on any atom is -0.477 e. The van der Waals surface area contributed by atoms with Crippen LogP contribution in [-0.2, 0) is 24.3 Å². The molecule has 0 spiro atoms. The van der Waals surface area contributed by atoms with E-state index in [-0.39, 0.29) is 29.9 Å². The molecule has 11 heteroatoms. The molecule has 1 saturated heterocycles. The summed E-state index contributed by atoms with van der Waals surface area (Å²) >= 11 is 1.11. The zero-order chi connectivity index (χ0) is 29.4. The van der Waals surface area contributed by atoms with Crippen molar-refractivity contribution in [2.75, 3.05) is 6.61 Å².